The Morgan fingerprint density at radius 3 is 1.97 bits per heavy atom. The molecule has 0 spiro atoms. The van der Waals surface area contributed by atoms with Crippen LogP contribution >= 0.6 is 0 Å². The van der Waals surface area contributed by atoms with Gasteiger partial charge in [-0.15, -0.1) is 0 Å². The van der Waals surface area contributed by atoms with E-state index in [0.717, 1.165) is 17.7 Å². The third kappa shape index (κ3) is 5.32. The molecule has 0 saturated carbocycles. The fourth-order valence-corrected chi connectivity index (χ4v) is 4.86. The van der Waals surface area contributed by atoms with Crippen LogP contribution in [-0.2, 0) is 9.84 Å². The SMILES string of the molecule is COc1ccc(C(=O)C[C@@H](C(=O)c2ccc([N+](=O)[O-])cc2)S(=O)(=O)c2ccc(C)cc2)cc1. The van der Waals surface area contributed by atoms with Gasteiger partial charge in [0.15, 0.2) is 21.4 Å². The summed E-state index contributed by atoms with van der Waals surface area (Å²) in [6.07, 6.45) is -0.585. The number of Topliss-reactive ketones (excluding diaryl/α,β-unsaturated/α-hetero) is 2. The number of nitro groups is 1. The molecule has 0 fully saturated rings. The molecule has 0 radical (unpaired) electrons. The van der Waals surface area contributed by atoms with Crippen LogP contribution in [0.5, 0.6) is 5.75 Å². The number of ether oxygens (including phenoxy) is 1. The van der Waals surface area contributed by atoms with E-state index in [1.165, 1.54) is 43.5 Å². The van der Waals surface area contributed by atoms with Crippen LogP contribution in [-0.4, -0.2) is 37.3 Å². The number of benzene rings is 3. The van der Waals surface area contributed by atoms with Gasteiger partial charge in [0.1, 0.15) is 11.0 Å². The minimum atomic E-state index is -4.24. The van der Waals surface area contributed by atoms with Gasteiger partial charge in [-0.3, -0.25) is 19.7 Å². The molecule has 0 N–H and O–H groups in total. The lowest BCUT2D eigenvalue weighted by atomic mass is 10.0. The number of rotatable bonds is 9. The molecular formula is C24H21NO7S. The van der Waals surface area contributed by atoms with Crippen LogP contribution in [0.2, 0.25) is 0 Å². The maximum Gasteiger partial charge on any atom is 0.269 e. The molecule has 170 valence electrons. The van der Waals surface area contributed by atoms with E-state index in [1.54, 1.807) is 31.2 Å². The summed E-state index contributed by atoms with van der Waals surface area (Å²) in [6.45, 7) is 1.79. The summed E-state index contributed by atoms with van der Waals surface area (Å²) < 4.78 is 31.9. The number of carbonyl (C=O) groups is 2. The molecule has 9 heteroatoms. The Kier molecular flexibility index (Phi) is 7.03. The highest BCUT2D eigenvalue weighted by molar-refractivity contribution is 7.92. The molecule has 0 aliphatic heterocycles. The largest absolute Gasteiger partial charge is 0.497 e. The summed E-state index contributed by atoms with van der Waals surface area (Å²) in [5.41, 5.74) is 0.792. The Morgan fingerprint density at radius 1 is 0.909 bits per heavy atom. The molecule has 3 rings (SSSR count). The summed E-state index contributed by atoms with van der Waals surface area (Å²) in [5, 5.41) is 9.21. The van der Waals surface area contributed by atoms with Crippen molar-refractivity contribution in [1.29, 1.82) is 0 Å². The van der Waals surface area contributed by atoms with Crippen molar-refractivity contribution in [3.63, 3.8) is 0 Å². The minimum absolute atomic E-state index is 0.0381. The van der Waals surface area contributed by atoms with Crippen molar-refractivity contribution in [1.82, 2.24) is 0 Å². The first-order chi connectivity index (χ1) is 15.6. The normalized spacial score (nSPS) is 12.1. The number of carbonyl (C=O) groups excluding carboxylic acids is 2. The van der Waals surface area contributed by atoms with Gasteiger partial charge in [0, 0.05) is 29.7 Å². The van der Waals surface area contributed by atoms with E-state index in [1.807, 2.05) is 0 Å². The van der Waals surface area contributed by atoms with Gasteiger partial charge in [0.05, 0.1) is 16.9 Å². The molecule has 3 aromatic rings. The van der Waals surface area contributed by atoms with Crippen LogP contribution < -0.4 is 4.74 Å². The number of aryl methyl sites for hydroxylation is 1. The molecule has 0 aromatic heterocycles. The first-order valence-electron chi connectivity index (χ1n) is 9.90. The lowest BCUT2D eigenvalue weighted by Gasteiger charge is -2.17. The Labute approximate surface area is 190 Å². The molecule has 33 heavy (non-hydrogen) atoms. The monoisotopic (exact) mass is 467 g/mol. The topological polar surface area (TPSA) is 121 Å². The molecule has 0 amide bonds. The van der Waals surface area contributed by atoms with Gasteiger partial charge < -0.3 is 4.74 Å². The van der Waals surface area contributed by atoms with Crippen molar-refractivity contribution in [3.05, 3.63) is 99.6 Å². The summed E-state index contributed by atoms with van der Waals surface area (Å²) in [5.74, 6) is -0.821. The second-order valence-electron chi connectivity index (χ2n) is 7.37. The fourth-order valence-electron chi connectivity index (χ4n) is 3.23. The zero-order chi connectivity index (χ0) is 24.2. The minimum Gasteiger partial charge on any atom is -0.497 e. The van der Waals surface area contributed by atoms with Gasteiger partial charge in [-0.25, -0.2) is 8.42 Å². The van der Waals surface area contributed by atoms with Crippen LogP contribution in [0.15, 0.2) is 77.7 Å². The summed E-state index contributed by atoms with van der Waals surface area (Å²) in [6, 6.07) is 16.7. The smallest absolute Gasteiger partial charge is 0.269 e. The third-order valence-electron chi connectivity index (χ3n) is 5.16. The number of methoxy groups -OCH3 is 1. The number of hydrogen-bond donors (Lipinski definition) is 0. The second kappa shape index (κ2) is 9.74. The van der Waals surface area contributed by atoms with Crippen molar-refractivity contribution in [3.8, 4) is 5.75 Å². The zero-order valence-electron chi connectivity index (χ0n) is 17.9. The lowest BCUT2D eigenvalue weighted by Crippen LogP contribution is -2.33. The molecule has 0 aliphatic rings. The first kappa shape index (κ1) is 23.8. The number of non-ortho nitro benzene ring substituents is 1. The highest BCUT2D eigenvalue weighted by atomic mass is 32.2. The number of ketones is 2. The van der Waals surface area contributed by atoms with Gasteiger partial charge in [-0.2, -0.15) is 0 Å². The van der Waals surface area contributed by atoms with Crippen molar-refractivity contribution in [2.75, 3.05) is 7.11 Å². The van der Waals surface area contributed by atoms with Crippen molar-refractivity contribution in [2.24, 2.45) is 0 Å². The average molecular weight is 467 g/mol. The third-order valence-corrected chi connectivity index (χ3v) is 7.22. The summed E-state index contributed by atoms with van der Waals surface area (Å²) >= 11 is 0. The summed E-state index contributed by atoms with van der Waals surface area (Å²) in [7, 11) is -2.76. The highest BCUT2D eigenvalue weighted by Gasteiger charge is 2.36. The Morgan fingerprint density at radius 2 is 1.45 bits per heavy atom. The van der Waals surface area contributed by atoms with Crippen molar-refractivity contribution < 1.29 is 27.7 Å². The van der Waals surface area contributed by atoms with Crippen LogP contribution in [0, 0.1) is 17.0 Å². The predicted molar refractivity (Wildman–Crippen MR) is 122 cm³/mol. The Bertz CT molecular complexity index is 1280. The van der Waals surface area contributed by atoms with Crippen molar-refractivity contribution >= 4 is 27.1 Å². The molecule has 3 aromatic carbocycles. The van der Waals surface area contributed by atoms with Gasteiger partial charge in [-0.1, -0.05) is 17.7 Å². The van der Waals surface area contributed by atoms with Crippen LogP contribution in [0.25, 0.3) is 0 Å². The molecule has 0 heterocycles. The number of nitro benzene ring substituents is 1. The number of nitrogens with zero attached hydrogens (tertiary/aromatic N) is 1. The van der Waals surface area contributed by atoms with Gasteiger partial charge in [0.2, 0.25) is 0 Å². The van der Waals surface area contributed by atoms with E-state index in [0.29, 0.717) is 5.75 Å². The Hall–Kier alpha value is -3.85. The highest BCUT2D eigenvalue weighted by Crippen LogP contribution is 2.25. The summed E-state index contributed by atoms with van der Waals surface area (Å²) in [4.78, 5) is 36.4. The maximum absolute atomic E-state index is 13.4. The van der Waals surface area contributed by atoms with E-state index >= 15 is 0 Å². The van der Waals surface area contributed by atoms with Gasteiger partial charge >= 0.3 is 0 Å². The molecule has 1 atom stereocenters. The predicted octanol–water partition coefficient (Wildman–Crippen LogP) is 4.21. The van der Waals surface area contributed by atoms with E-state index in [4.69, 9.17) is 4.74 Å². The van der Waals surface area contributed by atoms with Crippen molar-refractivity contribution in [2.45, 2.75) is 23.5 Å². The van der Waals surface area contributed by atoms with E-state index in [9.17, 15) is 28.1 Å². The second-order valence-corrected chi connectivity index (χ2v) is 9.50. The van der Waals surface area contributed by atoms with E-state index < -0.39 is 38.0 Å². The van der Waals surface area contributed by atoms with Crippen LogP contribution in [0.4, 0.5) is 5.69 Å². The number of sulfone groups is 1. The fraction of sp³-hybridized carbons (Fsp3) is 0.167. The average Bonchev–Trinajstić information content (AvgIpc) is 2.82. The first-order valence-corrected chi connectivity index (χ1v) is 11.4. The van der Waals surface area contributed by atoms with Gasteiger partial charge in [-0.05, 0) is 55.5 Å². The van der Waals surface area contributed by atoms with E-state index in [2.05, 4.69) is 0 Å². The van der Waals surface area contributed by atoms with Crippen LogP contribution in [0.1, 0.15) is 32.7 Å². The zero-order valence-corrected chi connectivity index (χ0v) is 18.7. The quantitative estimate of drug-likeness (QED) is 0.262. The molecular weight excluding hydrogens is 446 g/mol. The number of hydrogen-bond acceptors (Lipinski definition) is 7. The lowest BCUT2D eigenvalue weighted by molar-refractivity contribution is -0.384. The molecule has 0 unspecified atom stereocenters. The van der Waals surface area contributed by atoms with E-state index in [-0.39, 0.29) is 21.7 Å². The maximum atomic E-state index is 13.4. The molecule has 0 saturated heterocycles. The molecule has 0 aliphatic carbocycles. The van der Waals surface area contributed by atoms with Gasteiger partial charge in [0.25, 0.3) is 5.69 Å². The molecule has 0 bridgehead atoms. The Balaban J connectivity index is 2.01. The van der Waals surface area contributed by atoms with Crippen LogP contribution in [0.3, 0.4) is 0 Å². The molecule has 8 nitrogen and oxygen atoms in total. The standard InChI is InChI=1S/C24H21NO7S/c1-16-3-13-21(14-4-16)33(30,31)23(15-22(26)17-7-11-20(32-2)12-8-17)24(27)18-5-9-19(10-6-18)25(28)29/h3-14,23H,15H2,1-2H3/t23-/m0/s1.